The lowest BCUT2D eigenvalue weighted by Crippen LogP contribution is -2.03. The molecule has 0 atom stereocenters. The molecule has 0 fully saturated rings. The van der Waals surface area contributed by atoms with E-state index in [4.69, 9.17) is 10.8 Å². The SMILES string of the molecule is CC(C)c1c(-c2cnn(C)c2)nn(-c2ccccc2)c1N. The Hall–Kier alpha value is -2.56. The first kappa shape index (κ1) is 13.4. The lowest BCUT2D eigenvalue weighted by Gasteiger charge is -2.07. The Bertz CT molecular complexity index is 752. The Morgan fingerprint density at radius 2 is 1.86 bits per heavy atom. The fraction of sp³-hybridized carbons (Fsp3) is 0.250. The van der Waals surface area contributed by atoms with Gasteiger partial charge < -0.3 is 5.73 Å². The second-order valence-electron chi connectivity index (χ2n) is 5.45. The van der Waals surface area contributed by atoms with Gasteiger partial charge in [0.15, 0.2) is 0 Å². The van der Waals surface area contributed by atoms with Crippen molar-refractivity contribution in [1.82, 2.24) is 19.6 Å². The zero-order chi connectivity index (χ0) is 15.0. The molecule has 1 aromatic carbocycles. The van der Waals surface area contributed by atoms with Crippen molar-refractivity contribution in [1.29, 1.82) is 0 Å². The number of aryl methyl sites for hydroxylation is 1. The molecule has 3 aromatic rings. The number of anilines is 1. The van der Waals surface area contributed by atoms with Crippen molar-refractivity contribution >= 4 is 5.82 Å². The average Bonchev–Trinajstić information content (AvgIpc) is 3.03. The zero-order valence-electron chi connectivity index (χ0n) is 12.5. The number of rotatable bonds is 3. The van der Waals surface area contributed by atoms with Crippen LogP contribution in [0.15, 0.2) is 42.7 Å². The molecular weight excluding hydrogens is 262 g/mol. The van der Waals surface area contributed by atoms with Gasteiger partial charge in [-0.15, -0.1) is 0 Å². The molecule has 2 aromatic heterocycles. The molecule has 0 spiro atoms. The van der Waals surface area contributed by atoms with Gasteiger partial charge in [-0.2, -0.15) is 10.2 Å². The molecule has 0 unspecified atom stereocenters. The van der Waals surface area contributed by atoms with Gasteiger partial charge in [-0.25, -0.2) is 4.68 Å². The topological polar surface area (TPSA) is 61.7 Å². The molecule has 0 amide bonds. The first-order valence-electron chi connectivity index (χ1n) is 7.00. The highest BCUT2D eigenvalue weighted by Crippen LogP contribution is 2.34. The normalized spacial score (nSPS) is 11.2. The Labute approximate surface area is 124 Å². The molecule has 0 bridgehead atoms. The lowest BCUT2D eigenvalue weighted by atomic mass is 10.0. The van der Waals surface area contributed by atoms with Crippen LogP contribution in [0, 0.1) is 0 Å². The minimum atomic E-state index is 0.290. The molecule has 0 aliphatic rings. The molecule has 0 saturated carbocycles. The number of nitrogen functional groups attached to an aromatic ring is 1. The number of hydrogen-bond donors (Lipinski definition) is 1. The number of nitrogens with two attached hydrogens (primary N) is 1. The van der Waals surface area contributed by atoms with Crippen molar-refractivity contribution in [3.8, 4) is 16.9 Å². The van der Waals surface area contributed by atoms with Crippen molar-refractivity contribution in [2.75, 3.05) is 5.73 Å². The molecule has 21 heavy (non-hydrogen) atoms. The standard InChI is InChI=1S/C16H19N5/c1-11(2)14-15(12-9-18-20(3)10-12)19-21(16(14)17)13-7-5-4-6-8-13/h4-11H,17H2,1-3H3. The number of benzene rings is 1. The molecule has 0 radical (unpaired) electrons. The first-order chi connectivity index (χ1) is 10.1. The van der Waals surface area contributed by atoms with Crippen LogP contribution in [-0.4, -0.2) is 19.6 Å². The summed E-state index contributed by atoms with van der Waals surface area (Å²) in [5, 5.41) is 8.95. The second-order valence-corrected chi connectivity index (χ2v) is 5.45. The zero-order valence-corrected chi connectivity index (χ0v) is 12.5. The van der Waals surface area contributed by atoms with E-state index in [9.17, 15) is 0 Å². The summed E-state index contributed by atoms with van der Waals surface area (Å²) in [6.07, 6.45) is 3.78. The molecule has 2 N–H and O–H groups in total. The maximum absolute atomic E-state index is 6.35. The number of nitrogens with zero attached hydrogens (tertiary/aromatic N) is 4. The molecule has 108 valence electrons. The summed E-state index contributed by atoms with van der Waals surface area (Å²) in [5.41, 5.74) is 10.3. The first-order valence-corrected chi connectivity index (χ1v) is 7.00. The summed E-state index contributed by atoms with van der Waals surface area (Å²) in [4.78, 5) is 0. The summed E-state index contributed by atoms with van der Waals surface area (Å²) in [6, 6.07) is 9.94. The van der Waals surface area contributed by atoms with Crippen LogP contribution >= 0.6 is 0 Å². The highest BCUT2D eigenvalue weighted by atomic mass is 15.3. The Morgan fingerprint density at radius 1 is 1.14 bits per heavy atom. The van der Waals surface area contributed by atoms with E-state index in [2.05, 4.69) is 18.9 Å². The highest BCUT2D eigenvalue weighted by Gasteiger charge is 2.21. The van der Waals surface area contributed by atoms with Gasteiger partial charge in [0.1, 0.15) is 11.5 Å². The van der Waals surface area contributed by atoms with Gasteiger partial charge >= 0.3 is 0 Å². The van der Waals surface area contributed by atoms with E-state index in [-0.39, 0.29) is 5.92 Å². The number of hydrogen-bond acceptors (Lipinski definition) is 3. The van der Waals surface area contributed by atoms with Crippen LogP contribution < -0.4 is 5.73 Å². The third kappa shape index (κ3) is 2.31. The predicted molar refractivity (Wildman–Crippen MR) is 84.3 cm³/mol. The number of para-hydroxylation sites is 1. The fourth-order valence-electron chi connectivity index (χ4n) is 2.54. The second kappa shape index (κ2) is 5.09. The molecule has 5 nitrogen and oxygen atoms in total. The summed E-state index contributed by atoms with van der Waals surface area (Å²) in [7, 11) is 1.90. The Balaban J connectivity index is 2.21. The van der Waals surface area contributed by atoms with E-state index in [1.807, 2.05) is 49.8 Å². The van der Waals surface area contributed by atoms with Crippen molar-refractivity contribution in [2.24, 2.45) is 7.05 Å². The van der Waals surface area contributed by atoms with Crippen LogP contribution in [0.4, 0.5) is 5.82 Å². The van der Waals surface area contributed by atoms with Crippen molar-refractivity contribution < 1.29 is 0 Å². The molecule has 5 heteroatoms. The van der Waals surface area contributed by atoms with E-state index in [0.29, 0.717) is 5.82 Å². The van der Waals surface area contributed by atoms with Gasteiger partial charge in [-0.1, -0.05) is 32.0 Å². The molecule has 0 aliphatic heterocycles. The van der Waals surface area contributed by atoms with Gasteiger partial charge in [-0.05, 0) is 18.1 Å². The van der Waals surface area contributed by atoms with Gasteiger partial charge in [-0.3, -0.25) is 4.68 Å². The molecule has 0 aliphatic carbocycles. The minimum Gasteiger partial charge on any atom is -0.383 e. The Kier molecular flexibility index (Phi) is 3.25. The molecule has 3 rings (SSSR count). The maximum atomic E-state index is 6.35. The highest BCUT2D eigenvalue weighted by molar-refractivity contribution is 5.69. The van der Waals surface area contributed by atoms with Crippen LogP contribution in [0.2, 0.25) is 0 Å². The van der Waals surface area contributed by atoms with Crippen molar-refractivity contribution in [3.05, 3.63) is 48.3 Å². The van der Waals surface area contributed by atoms with Crippen LogP contribution in [0.1, 0.15) is 25.3 Å². The summed E-state index contributed by atoms with van der Waals surface area (Å²) in [5.74, 6) is 0.979. The quantitative estimate of drug-likeness (QED) is 0.802. The molecule has 0 saturated heterocycles. The average molecular weight is 281 g/mol. The van der Waals surface area contributed by atoms with E-state index in [1.165, 1.54) is 0 Å². The van der Waals surface area contributed by atoms with E-state index in [1.54, 1.807) is 9.36 Å². The van der Waals surface area contributed by atoms with Gasteiger partial charge in [0.2, 0.25) is 0 Å². The molecular formula is C16H19N5. The van der Waals surface area contributed by atoms with E-state index < -0.39 is 0 Å². The minimum absolute atomic E-state index is 0.290. The largest absolute Gasteiger partial charge is 0.383 e. The summed E-state index contributed by atoms with van der Waals surface area (Å²) < 4.78 is 3.58. The van der Waals surface area contributed by atoms with E-state index >= 15 is 0 Å². The monoisotopic (exact) mass is 281 g/mol. The van der Waals surface area contributed by atoms with Gasteiger partial charge in [0, 0.05) is 24.4 Å². The summed E-state index contributed by atoms with van der Waals surface area (Å²) in [6.45, 7) is 4.26. The molecule has 2 heterocycles. The maximum Gasteiger partial charge on any atom is 0.131 e. The number of aromatic nitrogens is 4. The fourth-order valence-corrected chi connectivity index (χ4v) is 2.54. The van der Waals surface area contributed by atoms with Gasteiger partial charge in [0.25, 0.3) is 0 Å². The van der Waals surface area contributed by atoms with Gasteiger partial charge in [0.05, 0.1) is 11.9 Å². The smallest absolute Gasteiger partial charge is 0.131 e. The third-order valence-corrected chi connectivity index (χ3v) is 3.52. The van der Waals surface area contributed by atoms with Crippen molar-refractivity contribution in [3.63, 3.8) is 0 Å². The lowest BCUT2D eigenvalue weighted by molar-refractivity contribution is 0.768. The van der Waals surface area contributed by atoms with E-state index in [0.717, 1.165) is 22.5 Å². The van der Waals surface area contributed by atoms with Crippen molar-refractivity contribution in [2.45, 2.75) is 19.8 Å². The van der Waals surface area contributed by atoms with Crippen LogP contribution in [0.5, 0.6) is 0 Å². The van der Waals surface area contributed by atoms with Crippen LogP contribution in [0.25, 0.3) is 16.9 Å². The predicted octanol–water partition coefficient (Wildman–Crippen LogP) is 2.98. The van der Waals surface area contributed by atoms with Crippen LogP contribution in [0.3, 0.4) is 0 Å². The Morgan fingerprint density at radius 3 is 2.43 bits per heavy atom. The third-order valence-electron chi connectivity index (χ3n) is 3.52. The van der Waals surface area contributed by atoms with Crippen LogP contribution in [-0.2, 0) is 7.05 Å². The summed E-state index contributed by atoms with van der Waals surface area (Å²) >= 11 is 0.